The van der Waals surface area contributed by atoms with Crippen LogP contribution in [0.1, 0.15) is 35.9 Å². The zero-order valence-electron chi connectivity index (χ0n) is 16.4. The summed E-state index contributed by atoms with van der Waals surface area (Å²) in [4.78, 5) is 19.6. The van der Waals surface area contributed by atoms with Crippen LogP contribution in [0.5, 0.6) is 5.75 Å². The van der Waals surface area contributed by atoms with Crippen molar-refractivity contribution in [1.82, 2.24) is 20.1 Å². The van der Waals surface area contributed by atoms with Gasteiger partial charge in [0.1, 0.15) is 17.0 Å². The number of hydrogen-bond acceptors (Lipinski definition) is 6. The SMILES string of the molecule is CCOc1cccc2sc(N3CCCC(NC(=O)c4cc(C)n(C)n4)C3)nc12. The number of piperidine rings is 1. The zero-order chi connectivity index (χ0) is 19.7. The van der Waals surface area contributed by atoms with E-state index in [0.29, 0.717) is 12.3 Å². The number of carbonyl (C=O) groups excluding carboxylic acids is 1. The third-order valence-corrected chi connectivity index (χ3v) is 6.13. The highest BCUT2D eigenvalue weighted by molar-refractivity contribution is 7.22. The van der Waals surface area contributed by atoms with Gasteiger partial charge in [-0.05, 0) is 44.9 Å². The highest BCUT2D eigenvalue weighted by Crippen LogP contribution is 2.35. The fraction of sp³-hybridized carbons (Fsp3) is 0.450. The van der Waals surface area contributed by atoms with Gasteiger partial charge < -0.3 is 15.0 Å². The van der Waals surface area contributed by atoms with Gasteiger partial charge in [0.2, 0.25) is 0 Å². The van der Waals surface area contributed by atoms with Gasteiger partial charge in [0.05, 0.1) is 11.3 Å². The average Bonchev–Trinajstić information content (AvgIpc) is 3.27. The number of benzene rings is 1. The Labute approximate surface area is 168 Å². The molecule has 3 heterocycles. The molecule has 7 nitrogen and oxygen atoms in total. The number of nitrogens with zero attached hydrogens (tertiary/aromatic N) is 4. The normalized spacial score (nSPS) is 17.1. The number of amides is 1. The molecule has 3 aromatic rings. The number of hydrogen-bond donors (Lipinski definition) is 1. The second-order valence-corrected chi connectivity index (χ2v) is 8.09. The topological polar surface area (TPSA) is 72.3 Å². The molecule has 1 fully saturated rings. The fourth-order valence-electron chi connectivity index (χ4n) is 3.52. The molecule has 1 aliphatic heterocycles. The van der Waals surface area contributed by atoms with Crippen molar-refractivity contribution in [3.8, 4) is 5.75 Å². The summed E-state index contributed by atoms with van der Waals surface area (Å²) < 4.78 is 8.56. The third-order valence-electron chi connectivity index (χ3n) is 5.04. The number of ether oxygens (including phenoxy) is 1. The molecule has 1 aliphatic rings. The summed E-state index contributed by atoms with van der Waals surface area (Å²) >= 11 is 1.67. The minimum Gasteiger partial charge on any atom is -0.492 e. The van der Waals surface area contributed by atoms with E-state index in [-0.39, 0.29) is 11.9 Å². The summed E-state index contributed by atoms with van der Waals surface area (Å²) in [6.07, 6.45) is 1.98. The number of nitrogens with one attached hydrogen (secondary N) is 1. The van der Waals surface area contributed by atoms with Gasteiger partial charge in [0.15, 0.2) is 5.13 Å². The Bertz CT molecular complexity index is 976. The molecule has 8 heteroatoms. The van der Waals surface area contributed by atoms with E-state index < -0.39 is 0 Å². The summed E-state index contributed by atoms with van der Waals surface area (Å²) in [6, 6.07) is 7.94. The molecule has 1 saturated heterocycles. The summed E-state index contributed by atoms with van der Waals surface area (Å²) in [6.45, 7) is 6.24. The first-order valence-electron chi connectivity index (χ1n) is 9.64. The molecule has 1 aromatic carbocycles. The molecule has 148 valence electrons. The van der Waals surface area contributed by atoms with Crippen LogP contribution in [-0.2, 0) is 7.05 Å². The number of fused-ring (bicyclic) bond motifs is 1. The van der Waals surface area contributed by atoms with E-state index in [2.05, 4.69) is 21.4 Å². The lowest BCUT2D eigenvalue weighted by Crippen LogP contribution is -2.47. The van der Waals surface area contributed by atoms with Gasteiger partial charge in [-0.15, -0.1) is 0 Å². The Morgan fingerprint density at radius 3 is 3.04 bits per heavy atom. The van der Waals surface area contributed by atoms with E-state index in [9.17, 15) is 4.79 Å². The van der Waals surface area contributed by atoms with E-state index in [1.165, 1.54) is 0 Å². The second kappa shape index (κ2) is 7.79. The van der Waals surface area contributed by atoms with Crippen LogP contribution in [0.15, 0.2) is 24.3 Å². The van der Waals surface area contributed by atoms with Crippen molar-refractivity contribution in [2.45, 2.75) is 32.7 Å². The van der Waals surface area contributed by atoms with Crippen LogP contribution in [0.2, 0.25) is 0 Å². The van der Waals surface area contributed by atoms with Gasteiger partial charge in [-0.1, -0.05) is 17.4 Å². The second-order valence-electron chi connectivity index (χ2n) is 7.09. The summed E-state index contributed by atoms with van der Waals surface area (Å²) in [7, 11) is 1.85. The van der Waals surface area contributed by atoms with Crippen molar-refractivity contribution in [2.24, 2.45) is 7.05 Å². The van der Waals surface area contributed by atoms with Crippen LogP contribution in [0, 0.1) is 6.92 Å². The van der Waals surface area contributed by atoms with Crippen molar-refractivity contribution in [3.05, 3.63) is 35.7 Å². The Balaban J connectivity index is 1.48. The van der Waals surface area contributed by atoms with Gasteiger partial charge in [0.25, 0.3) is 5.91 Å². The highest BCUT2D eigenvalue weighted by atomic mass is 32.1. The molecular formula is C20H25N5O2S. The Hall–Kier alpha value is -2.61. The van der Waals surface area contributed by atoms with Crippen LogP contribution in [-0.4, -0.2) is 46.4 Å². The van der Waals surface area contributed by atoms with Gasteiger partial charge in [-0.25, -0.2) is 4.98 Å². The van der Waals surface area contributed by atoms with Crippen molar-refractivity contribution in [1.29, 1.82) is 0 Å². The molecule has 0 bridgehead atoms. The lowest BCUT2D eigenvalue weighted by molar-refractivity contribution is 0.0927. The molecule has 0 radical (unpaired) electrons. The van der Waals surface area contributed by atoms with Gasteiger partial charge in [-0.3, -0.25) is 9.48 Å². The maximum absolute atomic E-state index is 12.5. The molecule has 4 rings (SSSR count). The number of aromatic nitrogens is 3. The molecule has 1 atom stereocenters. The van der Waals surface area contributed by atoms with Gasteiger partial charge >= 0.3 is 0 Å². The van der Waals surface area contributed by atoms with E-state index in [1.807, 2.05) is 39.1 Å². The lowest BCUT2D eigenvalue weighted by atomic mass is 10.1. The molecule has 0 spiro atoms. The summed E-state index contributed by atoms with van der Waals surface area (Å²) in [5.41, 5.74) is 2.35. The van der Waals surface area contributed by atoms with E-state index in [1.54, 1.807) is 16.0 Å². The van der Waals surface area contributed by atoms with Gasteiger partial charge in [-0.2, -0.15) is 5.10 Å². The molecule has 0 saturated carbocycles. The van der Waals surface area contributed by atoms with Crippen LogP contribution >= 0.6 is 11.3 Å². The first-order chi connectivity index (χ1) is 13.5. The smallest absolute Gasteiger partial charge is 0.272 e. The number of rotatable bonds is 5. The first-order valence-corrected chi connectivity index (χ1v) is 10.5. The number of aryl methyl sites for hydroxylation is 2. The van der Waals surface area contributed by atoms with Crippen LogP contribution < -0.4 is 15.0 Å². The van der Waals surface area contributed by atoms with Crippen molar-refractivity contribution in [3.63, 3.8) is 0 Å². The highest BCUT2D eigenvalue weighted by Gasteiger charge is 2.25. The molecule has 0 aliphatic carbocycles. The first kappa shape index (κ1) is 18.7. The quantitative estimate of drug-likeness (QED) is 0.714. The monoisotopic (exact) mass is 399 g/mol. The lowest BCUT2D eigenvalue weighted by Gasteiger charge is -2.32. The zero-order valence-corrected chi connectivity index (χ0v) is 17.3. The largest absolute Gasteiger partial charge is 0.492 e. The maximum atomic E-state index is 12.5. The molecule has 28 heavy (non-hydrogen) atoms. The molecular weight excluding hydrogens is 374 g/mol. The van der Waals surface area contributed by atoms with Crippen molar-refractivity contribution >= 4 is 32.6 Å². The molecule has 1 unspecified atom stereocenters. The number of thiazole rings is 1. The predicted octanol–water partition coefficient (Wildman–Crippen LogP) is 3.14. The van der Waals surface area contributed by atoms with E-state index >= 15 is 0 Å². The molecule has 2 aromatic heterocycles. The molecule has 1 N–H and O–H groups in total. The van der Waals surface area contributed by atoms with E-state index in [4.69, 9.17) is 9.72 Å². The van der Waals surface area contributed by atoms with Crippen LogP contribution in [0.25, 0.3) is 10.2 Å². The van der Waals surface area contributed by atoms with Crippen molar-refractivity contribution in [2.75, 3.05) is 24.6 Å². The minimum absolute atomic E-state index is 0.0851. The Morgan fingerprint density at radius 1 is 1.43 bits per heavy atom. The van der Waals surface area contributed by atoms with Crippen LogP contribution in [0.4, 0.5) is 5.13 Å². The van der Waals surface area contributed by atoms with E-state index in [0.717, 1.165) is 52.7 Å². The minimum atomic E-state index is -0.113. The fourth-order valence-corrected chi connectivity index (χ4v) is 4.54. The molecule has 1 amide bonds. The maximum Gasteiger partial charge on any atom is 0.272 e. The number of carbonyl (C=O) groups is 1. The van der Waals surface area contributed by atoms with Crippen LogP contribution in [0.3, 0.4) is 0 Å². The number of anilines is 1. The average molecular weight is 400 g/mol. The summed E-state index contributed by atoms with van der Waals surface area (Å²) in [5, 5.41) is 8.39. The Kier molecular flexibility index (Phi) is 5.21. The number of para-hydroxylation sites is 1. The van der Waals surface area contributed by atoms with Crippen molar-refractivity contribution < 1.29 is 9.53 Å². The van der Waals surface area contributed by atoms with Gasteiger partial charge in [0, 0.05) is 31.9 Å². The Morgan fingerprint density at radius 2 is 2.29 bits per heavy atom. The predicted molar refractivity (Wildman–Crippen MR) is 111 cm³/mol. The standard InChI is InChI=1S/C20H25N5O2S/c1-4-27-16-8-5-9-17-18(16)22-20(28-17)25-10-6-7-14(12-25)21-19(26)15-11-13(2)24(3)23-15/h5,8-9,11,14H,4,6-7,10,12H2,1-3H3,(H,21,26). The third kappa shape index (κ3) is 3.69. The summed E-state index contributed by atoms with van der Waals surface area (Å²) in [5.74, 6) is 0.716.